The molecule has 2 fully saturated rings. The molecule has 4 rings (SSSR count). The van der Waals surface area contributed by atoms with Crippen molar-refractivity contribution >= 4 is 11.3 Å². The molecule has 0 aromatic carbocycles. The number of ether oxygens (including phenoxy) is 1. The zero-order chi connectivity index (χ0) is 18.0. The van der Waals surface area contributed by atoms with Crippen molar-refractivity contribution in [2.24, 2.45) is 12.5 Å². The molecule has 0 aliphatic carbocycles. The van der Waals surface area contributed by atoms with Gasteiger partial charge in [0.25, 0.3) is 0 Å². The fourth-order valence-corrected chi connectivity index (χ4v) is 5.03. The molecule has 26 heavy (non-hydrogen) atoms. The Balaban J connectivity index is 1.42. The van der Waals surface area contributed by atoms with E-state index in [1.54, 1.807) is 11.3 Å². The lowest BCUT2D eigenvalue weighted by Gasteiger charge is -2.43. The minimum absolute atomic E-state index is 0.238. The van der Waals surface area contributed by atoms with Crippen molar-refractivity contribution in [3.05, 3.63) is 34.0 Å². The lowest BCUT2D eigenvalue weighted by molar-refractivity contribution is 0.00242. The topological polar surface area (TPSA) is 46.4 Å². The second-order valence-corrected chi connectivity index (χ2v) is 9.02. The summed E-state index contributed by atoms with van der Waals surface area (Å²) in [6.07, 6.45) is 6.61. The van der Waals surface area contributed by atoms with E-state index in [1.807, 2.05) is 17.9 Å². The van der Waals surface area contributed by atoms with Gasteiger partial charge in [-0.3, -0.25) is 14.5 Å². The van der Waals surface area contributed by atoms with Crippen LogP contribution in [0, 0.1) is 12.3 Å². The van der Waals surface area contributed by atoms with Gasteiger partial charge in [-0.1, -0.05) is 0 Å². The molecular formula is C19H29N5OS. The Labute approximate surface area is 159 Å². The summed E-state index contributed by atoms with van der Waals surface area (Å²) in [5, 5.41) is 7.66. The van der Waals surface area contributed by atoms with Crippen LogP contribution in [0.3, 0.4) is 0 Å². The number of hydrogen-bond acceptors (Lipinski definition) is 6. The predicted molar refractivity (Wildman–Crippen MR) is 103 cm³/mol. The molecular weight excluding hydrogens is 346 g/mol. The fourth-order valence-electron chi connectivity index (χ4n) is 4.43. The number of hydrogen-bond donors (Lipinski definition) is 0. The zero-order valence-electron chi connectivity index (χ0n) is 15.9. The number of likely N-dealkylation sites (tertiary alicyclic amines) is 1. The molecule has 2 saturated heterocycles. The van der Waals surface area contributed by atoms with Gasteiger partial charge in [-0.15, -0.1) is 11.3 Å². The Bertz CT molecular complexity index is 729. The number of thiazole rings is 1. The van der Waals surface area contributed by atoms with Crippen LogP contribution in [0.4, 0.5) is 0 Å². The van der Waals surface area contributed by atoms with Gasteiger partial charge in [-0.2, -0.15) is 5.10 Å². The molecule has 0 unspecified atom stereocenters. The molecule has 0 radical (unpaired) electrons. The van der Waals surface area contributed by atoms with E-state index in [1.165, 1.54) is 30.6 Å². The van der Waals surface area contributed by atoms with Crippen LogP contribution in [0.25, 0.3) is 0 Å². The van der Waals surface area contributed by atoms with Gasteiger partial charge in [0.15, 0.2) is 0 Å². The molecule has 142 valence electrons. The lowest BCUT2D eigenvalue weighted by Crippen LogP contribution is -2.50. The largest absolute Gasteiger partial charge is 0.379 e. The molecule has 0 saturated carbocycles. The zero-order valence-corrected chi connectivity index (χ0v) is 16.7. The van der Waals surface area contributed by atoms with Crippen LogP contribution in [0.1, 0.15) is 29.1 Å². The van der Waals surface area contributed by atoms with Gasteiger partial charge in [-0.05, 0) is 26.3 Å². The van der Waals surface area contributed by atoms with E-state index in [-0.39, 0.29) is 5.41 Å². The first-order valence-corrected chi connectivity index (χ1v) is 10.4. The second-order valence-electron chi connectivity index (χ2n) is 7.96. The maximum atomic E-state index is 6.06. The highest BCUT2D eigenvalue weighted by Crippen LogP contribution is 2.34. The standard InChI is InChI=1S/C19H29N5OS/c1-16-21-18(12-26-16)11-24-6-7-25-15-19(14-24)4-3-5-23(13-19)10-17-8-20-22(2)9-17/h8-9,12H,3-7,10-11,13-15H2,1-2H3/t19-/m0/s1. The highest BCUT2D eigenvalue weighted by molar-refractivity contribution is 7.09. The molecule has 2 aromatic heterocycles. The minimum Gasteiger partial charge on any atom is -0.379 e. The van der Waals surface area contributed by atoms with Crippen molar-refractivity contribution in [3.63, 3.8) is 0 Å². The molecule has 6 nitrogen and oxygen atoms in total. The molecule has 7 heteroatoms. The van der Waals surface area contributed by atoms with Crippen molar-refractivity contribution in [1.29, 1.82) is 0 Å². The Morgan fingerprint density at radius 2 is 2.08 bits per heavy atom. The average molecular weight is 376 g/mol. The van der Waals surface area contributed by atoms with Crippen LogP contribution in [0.15, 0.2) is 17.8 Å². The van der Waals surface area contributed by atoms with Gasteiger partial charge in [-0.25, -0.2) is 4.98 Å². The first kappa shape index (κ1) is 18.1. The van der Waals surface area contributed by atoms with Gasteiger partial charge >= 0.3 is 0 Å². The van der Waals surface area contributed by atoms with Crippen LogP contribution in [-0.4, -0.2) is 64.0 Å². The quantitative estimate of drug-likeness (QED) is 0.821. The highest BCUT2D eigenvalue weighted by atomic mass is 32.1. The number of nitrogens with zero attached hydrogens (tertiary/aromatic N) is 5. The summed E-state index contributed by atoms with van der Waals surface area (Å²) in [5.41, 5.74) is 2.74. The van der Waals surface area contributed by atoms with Crippen molar-refractivity contribution in [1.82, 2.24) is 24.6 Å². The maximum Gasteiger partial charge on any atom is 0.0897 e. The second kappa shape index (κ2) is 7.76. The van der Waals surface area contributed by atoms with Crippen LogP contribution >= 0.6 is 11.3 Å². The molecule has 1 atom stereocenters. The molecule has 0 amide bonds. The maximum absolute atomic E-state index is 6.06. The van der Waals surface area contributed by atoms with Crippen LogP contribution in [0.2, 0.25) is 0 Å². The summed E-state index contributed by atoms with van der Waals surface area (Å²) in [6.45, 7) is 10.1. The normalized spacial score (nSPS) is 25.6. The monoisotopic (exact) mass is 375 g/mol. The van der Waals surface area contributed by atoms with E-state index in [0.29, 0.717) is 0 Å². The third kappa shape index (κ3) is 4.34. The van der Waals surface area contributed by atoms with Crippen molar-refractivity contribution in [2.75, 3.05) is 39.4 Å². The molecule has 2 aromatic rings. The summed E-state index contributed by atoms with van der Waals surface area (Å²) < 4.78 is 7.95. The number of piperidine rings is 1. The van der Waals surface area contributed by atoms with E-state index in [0.717, 1.165) is 50.9 Å². The van der Waals surface area contributed by atoms with Crippen molar-refractivity contribution in [3.8, 4) is 0 Å². The van der Waals surface area contributed by atoms with Gasteiger partial charge in [0.05, 0.1) is 30.1 Å². The molecule has 0 bridgehead atoms. The first-order chi connectivity index (χ1) is 12.6. The van der Waals surface area contributed by atoms with E-state index in [2.05, 4.69) is 38.4 Å². The highest BCUT2D eigenvalue weighted by Gasteiger charge is 2.39. The van der Waals surface area contributed by atoms with Gasteiger partial charge in [0.2, 0.25) is 0 Å². The van der Waals surface area contributed by atoms with Gasteiger partial charge < -0.3 is 4.74 Å². The number of aromatic nitrogens is 3. The Morgan fingerprint density at radius 3 is 2.81 bits per heavy atom. The predicted octanol–water partition coefficient (Wildman–Crippen LogP) is 2.30. The Morgan fingerprint density at radius 1 is 1.23 bits per heavy atom. The SMILES string of the molecule is Cc1nc(CN2CCOC[C@]3(CCCN(Cc4cnn(C)c4)C3)C2)cs1. The van der Waals surface area contributed by atoms with Gasteiger partial charge in [0, 0.05) is 62.3 Å². The molecule has 1 spiro atoms. The third-order valence-electron chi connectivity index (χ3n) is 5.48. The van der Waals surface area contributed by atoms with Crippen LogP contribution < -0.4 is 0 Å². The smallest absolute Gasteiger partial charge is 0.0897 e. The fraction of sp³-hybridized carbons (Fsp3) is 0.684. The third-order valence-corrected chi connectivity index (χ3v) is 6.30. The summed E-state index contributed by atoms with van der Waals surface area (Å²) in [5.74, 6) is 0. The van der Waals surface area contributed by atoms with Crippen LogP contribution in [-0.2, 0) is 24.9 Å². The lowest BCUT2D eigenvalue weighted by atomic mass is 9.80. The number of rotatable bonds is 4. The average Bonchev–Trinajstić information content (AvgIpc) is 3.14. The molecule has 2 aliphatic heterocycles. The van der Waals surface area contributed by atoms with E-state index in [4.69, 9.17) is 4.74 Å². The van der Waals surface area contributed by atoms with Gasteiger partial charge in [0.1, 0.15) is 0 Å². The van der Waals surface area contributed by atoms with E-state index in [9.17, 15) is 0 Å². The summed E-state index contributed by atoms with van der Waals surface area (Å²) in [7, 11) is 1.98. The Hall–Kier alpha value is -1.28. The summed E-state index contributed by atoms with van der Waals surface area (Å²) >= 11 is 1.74. The number of aryl methyl sites for hydroxylation is 2. The Kier molecular flexibility index (Phi) is 5.40. The molecule has 2 aliphatic rings. The minimum atomic E-state index is 0.238. The summed E-state index contributed by atoms with van der Waals surface area (Å²) in [4.78, 5) is 9.79. The van der Waals surface area contributed by atoms with E-state index >= 15 is 0 Å². The van der Waals surface area contributed by atoms with E-state index < -0.39 is 0 Å². The van der Waals surface area contributed by atoms with Crippen molar-refractivity contribution in [2.45, 2.75) is 32.9 Å². The van der Waals surface area contributed by atoms with Crippen molar-refractivity contribution < 1.29 is 4.74 Å². The molecule has 4 heterocycles. The van der Waals surface area contributed by atoms with Crippen LogP contribution in [0.5, 0.6) is 0 Å². The molecule has 0 N–H and O–H groups in total. The first-order valence-electron chi connectivity index (χ1n) is 9.51. The summed E-state index contributed by atoms with van der Waals surface area (Å²) in [6, 6.07) is 0.